The van der Waals surface area contributed by atoms with Gasteiger partial charge in [-0.25, -0.2) is 0 Å². The molecule has 0 N–H and O–H groups in total. The molecule has 0 aliphatic carbocycles. The quantitative estimate of drug-likeness (QED) is 0.602. The van der Waals surface area contributed by atoms with Crippen molar-refractivity contribution >= 4 is 34.6 Å². The van der Waals surface area contributed by atoms with Crippen LogP contribution in [0.5, 0.6) is 0 Å². The third-order valence-corrected chi connectivity index (χ3v) is 4.69. The molecule has 0 aliphatic heterocycles. The molecule has 0 saturated heterocycles. The smallest absolute Gasteiger partial charge is 0.0847 e. The average molecular weight is 345 g/mol. The summed E-state index contributed by atoms with van der Waals surface area (Å²) in [5, 5.41) is 1.29. The third kappa shape index (κ3) is 4.02. The fourth-order valence-electron chi connectivity index (χ4n) is 3.23. The van der Waals surface area contributed by atoms with E-state index in [1.807, 2.05) is 0 Å². The molecule has 2 nitrogen and oxygen atoms in total. The van der Waals surface area contributed by atoms with Gasteiger partial charge in [0.15, 0.2) is 0 Å². The first-order valence-electron chi connectivity index (χ1n) is 8.14. The van der Waals surface area contributed by atoms with Gasteiger partial charge < -0.3 is 9.80 Å². The van der Waals surface area contributed by atoms with Gasteiger partial charge in [-0.1, -0.05) is 23.2 Å². The summed E-state index contributed by atoms with van der Waals surface area (Å²) in [7, 11) is 0. The van der Waals surface area contributed by atoms with Gasteiger partial charge in [-0.15, -0.1) is 0 Å². The lowest BCUT2D eigenvalue weighted by Crippen LogP contribution is -2.38. The Morgan fingerprint density at radius 2 is 0.818 bits per heavy atom. The van der Waals surface area contributed by atoms with Crippen LogP contribution in [0.3, 0.4) is 0 Å². The van der Waals surface area contributed by atoms with Gasteiger partial charge in [0.25, 0.3) is 0 Å². The number of benzene rings is 1. The van der Waals surface area contributed by atoms with Crippen LogP contribution in [0.15, 0.2) is 12.1 Å². The summed E-state index contributed by atoms with van der Waals surface area (Å²) in [5.41, 5.74) is 2.01. The van der Waals surface area contributed by atoms with E-state index in [1.165, 1.54) is 0 Å². The molecule has 0 fully saturated rings. The van der Waals surface area contributed by atoms with E-state index < -0.39 is 0 Å². The Kier molecular flexibility index (Phi) is 6.88. The van der Waals surface area contributed by atoms with E-state index in [-0.39, 0.29) is 0 Å². The fourth-order valence-corrected chi connectivity index (χ4v) is 3.75. The molecule has 1 aromatic carbocycles. The average Bonchev–Trinajstić information content (AvgIpc) is 2.36. The molecule has 0 spiro atoms. The first kappa shape index (κ1) is 19.4. The maximum atomic E-state index is 6.63. The Labute approximate surface area is 146 Å². The number of hydrogen-bond donors (Lipinski definition) is 0. The zero-order chi connectivity index (χ0) is 17.2. The van der Waals surface area contributed by atoms with Gasteiger partial charge in [0.05, 0.1) is 21.4 Å². The van der Waals surface area contributed by atoms with Crippen LogP contribution < -0.4 is 9.80 Å². The molecule has 0 atom stereocenters. The number of anilines is 2. The first-order chi connectivity index (χ1) is 10.1. The van der Waals surface area contributed by atoms with Crippen LogP contribution >= 0.6 is 23.2 Å². The van der Waals surface area contributed by atoms with Gasteiger partial charge in [0.1, 0.15) is 0 Å². The van der Waals surface area contributed by atoms with E-state index in [0.29, 0.717) is 34.2 Å². The summed E-state index contributed by atoms with van der Waals surface area (Å²) < 4.78 is 0. The van der Waals surface area contributed by atoms with Crippen LogP contribution in [-0.2, 0) is 0 Å². The van der Waals surface area contributed by atoms with Crippen LogP contribution in [0.1, 0.15) is 55.4 Å². The normalized spacial score (nSPS) is 11.9. The third-order valence-electron chi connectivity index (χ3n) is 3.82. The molecule has 1 rings (SSSR count). The van der Waals surface area contributed by atoms with Crippen molar-refractivity contribution in [1.82, 2.24) is 0 Å². The van der Waals surface area contributed by atoms with Crippen LogP contribution in [0, 0.1) is 0 Å². The van der Waals surface area contributed by atoms with Crippen molar-refractivity contribution in [3.63, 3.8) is 0 Å². The molecule has 1 aromatic rings. The maximum Gasteiger partial charge on any atom is 0.0847 e. The number of nitrogens with zero attached hydrogens (tertiary/aromatic N) is 2. The Morgan fingerprint density at radius 3 is 1.00 bits per heavy atom. The van der Waals surface area contributed by atoms with E-state index >= 15 is 0 Å². The lowest BCUT2D eigenvalue weighted by Gasteiger charge is -2.37. The zero-order valence-electron chi connectivity index (χ0n) is 15.1. The van der Waals surface area contributed by atoms with Crippen molar-refractivity contribution in [2.24, 2.45) is 0 Å². The molecule has 0 bridgehead atoms. The van der Waals surface area contributed by atoms with Crippen LogP contribution in [0.2, 0.25) is 10.0 Å². The highest BCUT2D eigenvalue weighted by Crippen LogP contribution is 2.41. The molecule has 0 saturated carbocycles. The molecule has 4 heteroatoms. The fraction of sp³-hybridized carbons (Fsp3) is 0.667. The topological polar surface area (TPSA) is 6.48 Å². The van der Waals surface area contributed by atoms with Gasteiger partial charge in [0.2, 0.25) is 0 Å². The lowest BCUT2D eigenvalue weighted by atomic mass is 10.1. The molecular formula is C18H30Cl2N2. The van der Waals surface area contributed by atoms with Crippen LogP contribution in [-0.4, -0.2) is 24.2 Å². The molecule has 0 aromatic heterocycles. The highest BCUT2D eigenvalue weighted by Gasteiger charge is 2.23. The predicted molar refractivity (Wildman–Crippen MR) is 102 cm³/mol. The van der Waals surface area contributed by atoms with Gasteiger partial charge >= 0.3 is 0 Å². The van der Waals surface area contributed by atoms with E-state index in [4.69, 9.17) is 23.2 Å². The zero-order valence-corrected chi connectivity index (χ0v) is 16.6. The molecule has 126 valence electrons. The maximum absolute atomic E-state index is 6.63. The monoisotopic (exact) mass is 344 g/mol. The highest BCUT2D eigenvalue weighted by molar-refractivity contribution is 6.45. The van der Waals surface area contributed by atoms with E-state index in [9.17, 15) is 0 Å². The van der Waals surface area contributed by atoms with Crippen molar-refractivity contribution in [3.05, 3.63) is 22.2 Å². The van der Waals surface area contributed by atoms with Gasteiger partial charge in [0, 0.05) is 24.2 Å². The summed E-state index contributed by atoms with van der Waals surface area (Å²) >= 11 is 13.3. The second kappa shape index (κ2) is 7.79. The summed E-state index contributed by atoms with van der Waals surface area (Å²) in [4.78, 5) is 4.60. The highest BCUT2D eigenvalue weighted by atomic mass is 35.5. The Balaban J connectivity index is 3.39. The lowest BCUT2D eigenvalue weighted by molar-refractivity contribution is 0.603. The minimum Gasteiger partial charge on any atom is -0.365 e. The first-order valence-corrected chi connectivity index (χ1v) is 8.89. The van der Waals surface area contributed by atoms with E-state index in [1.54, 1.807) is 0 Å². The van der Waals surface area contributed by atoms with Crippen molar-refractivity contribution in [2.75, 3.05) is 9.80 Å². The Bertz CT molecular complexity index is 435. The van der Waals surface area contributed by atoms with Crippen molar-refractivity contribution in [2.45, 2.75) is 79.6 Å². The Morgan fingerprint density at radius 1 is 0.591 bits per heavy atom. The molecule has 0 unspecified atom stereocenters. The van der Waals surface area contributed by atoms with Gasteiger partial charge in [-0.05, 0) is 67.5 Å². The standard InChI is InChI=1S/C18H30Cl2N2/c1-11(2)21(12(3)4)15-9-10-16(18(20)17(15)19)22(13(5)6)14(7)8/h9-14H,1-8H3. The molecule has 0 amide bonds. The summed E-state index contributed by atoms with van der Waals surface area (Å²) in [6.07, 6.45) is 0. The molecule has 22 heavy (non-hydrogen) atoms. The van der Waals surface area contributed by atoms with E-state index in [2.05, 4.69) is 77.3 Å². The second-order valence-corrected chi connectivity index (χ2v) is 7.68. The number of hydrogen-bond acceptors (Lipinski definition) is 2. The summed E-state index contributed by atoms with van der Waals surface area (Å²) in [6.45, 7) is 17.4. The van der Waals surface area contributed by atoms with Crippen LogP contribution in [0.4, 0.5) is 11.4 Å². The summed E-state index contributed by atoms with van der Waals surface area (Å²) in [6, 6.07) is 5.66. The minimum atomic E-state index is 0.366. The molecule has 0 aliphatic rings. The molecule has 0 heterocycles. The SMILES string of the molecule is CC(C)N(c1ccc(N(C(C)C)C(C)C)c(Cl)c1Cl)C(C)C. The van der Waals surface area contributed by atoms with Crippen molar-refractivity contribution < 1.29 is 0 Å². The Hall–Kier alpha value is -0.600. The van der Waals surface area contributed by atoms with Gasteiger partial charge in [-0.3, -0.25) is 0 Å². The molecule has 0 radical (unpaired) electrons. The van der Waals surface area contributed by atoms with Crippen LogP contribution in [0.25, 0.3) is 0 Å². The second-order valence-electron chi connectivity index (χ2n) is 6.92. The predicted octanol–water partition coefficient (Wildman–Crippen LogP) is 6.24. The largest absolute Gasteiger partial charge is 0.365 e. The van der Waals surface area contributed by atoms with Gasteiger partial charge in [-0.2, -0.15) is 0 Å². The van der Waals surface area contributed by atoms with Crippen molar-refractivity contribution in [1.29, 1.82) is 0 Å². The summed E-state index contributed by atoms with van der Waals surface area (Å²) in [5.74, 6) is 0. The van der Waals surface area contributed by atoms with E-state index in [0.717, 1.165) is 11.4 Å². The number of rotatable bonds is 6. The number of halogens is 2. The molecular weight excluding hydrogens is 315 g/mol. The minimum absolute atomic E-state index is 0.366. The van der Waals surface area contributed by atoms with Crippen molar-refractivity contribution in [3.8, 4) is 0 Å².